The predicted octanol–water partition coefficient (Wildman–Crippen LogP) is 5.36. The van der Waals surface area contributed by atoms with E-state index in [-0.39, 0.29) is 10.8 Å². The van der Waals surface area contributed by atoms with Crippen molar-refractivity contribution in [3.8, 4) is 0 Å². The predicted molar refractivity (Wildman–Crippen MR) is 114 cm³/mol. The Morgan fingerprint density at radius 1 is 0.607 bits per heavy atom. The highest BCUT2D eigenvalue weighted by Crippen LogP contribution is 2.32. The van der Waals surface area contributed by atoms with Crippen molar-refractivity contribution < 1.29 is 0 Å². The van der Waals surface area contributed by atoms with Crippen molar-refractivity contribution in [2.75, 3.05) is 0 Å². The Morgan fingerprint density at radius 2 is 0.964 bits per heavy atom. The number of nitrogens with zero attached hydrogens (tertiary/aromatic N) is 2. The molecule has 3 aromatic rings. The highest BCUT2D eigenvalue weighted by Gasteiger charge is 2.29. The first-order valence-electron chi connectivity index (χ1n) is 9.94. The summed E-state index contributed by atoms with van der Waals surface area (Å²) in [5, 5.41) is 0. The molecule has 0 saturated carbocycles. The molecule has 4 heteroatoms. The van der Waals surface area contributed by atoms with Crippen molar-refractivity contribution in [2.24, 2.45) is 0 Å². The molecule has 5 heterocycles. The van der Waals surface area contributed by atoms with Gasteiger partial charge in [0, 0.05) is 68.5 Å². The molecular formula is C24H26N4. The van der Waals surface area contributed by atoms with Gasteiger partial charge >= 0.3 is 0 Å². The third-order valence-corrected chi connectivity index (χ3v) is 5.85. The van der Waals surface area contributed by atoms with Gasteiger partial charge in [-0.3, -0.25) is 9.97 Å². The zero-order valence-corrected chi connectivity index (χ0v) is 16.9. The highest BCUT2D eigenvalue weighted by atomic mass is 14.8. The normalized spacial score (nSPS) is 17.6. The summed E-state index contributed by atoms with van der Waals surface area (Å²) in [6.07, 6.45) is 1.88. The second-order valence-corrected chi connectivity index (χ2v) is 9.41. The van der Waals surface area contributed by atoms with Crippen LogP contribution in [0, 0.1) is 0 Å². The van der Waals surface area contributed by atoms with E-state index in [4.69, 9.17) is 9.97 Å². The van der Waals surface area contributed by atoms with E-state index in [1.54, 1.807) is 0 Å². The monoisotopic (exact) mass is 370 g/mol. The molecule has 0 amide bonds. The Kier molecular flexibility index (Phi) is 3.57. The zero-order valence-electron chi connectivity index (χ0n) is 16.9. The fourth-order valence-electron chi connectivity index (χ4n) is 4.25. The van der Waals surface area contributed by atoms with Crippen LogP contribution in [0.4, 0.5) is 0 Å². The third kappa shape index (κ3) is 3.03. The molecule has 0 radical (unpaired) electrons. The van der Waals surface area contributed by atoms with Crippen LogP contribution in [0.25, 0.3) is 22.1 Å². The zero-order chi connectivity index (χ0) is 19.5. The van der Waals surface area contributed by atoms with Gasteiger partial charge in [0.25, 0.3) is 0 Å². The molecule has 0 aliphatic carbocycles. The Balaban J connectivity index is 1.84. The highest BCUT2D eigenvalue weighted by molar-refractivity contribution is 5.62. The second kappa shape index (κ2) is 5.81. The third-order valence-electron chi connectivity index (χ3n) is 5.85. The van der Waals surface area contributed by atoms with Crippen LogP contribution in [-0.4, -0.2) is 19.9 Å². The fourth-order valence-corrected chi connectivity index (χ4v) is 4.25. The van der Waals surface area contributed by atoms with Gasteiger partial charge in [0.2, 0.25) is 0 Å². The molecule has 3 aromatic heterocycles. The maximum atomic E-state index is 4.93. The van der Waals surface area contributed by atoms with Gasteiger partial charge < -0.3 is 9.97 Å². The van der Waals surface area contributed by atoms with Crippen molar-refractivity contribution in [3.63, 3.8) is 0 Å². The molecule has 0 unspecified atom stereocenters. The van der Waals surface area contributed by atoms with E-state index in [1.807, 2.05) is 0 Å². The molecule has 2 N–H and O–H groups in total. The second-order valence-electron chi connectivity index (χ2n) is 9.41. The summed E-state index contributed by atoms with van der Waals surface area (Å²) in [6.45, 7) is 9.03. The van der Waals surface area contributed by atoms with Crippen LogP contribution >= 0.6 is 0 Å². The van der Waals surface area contributed by atoms with Gasteiger partial charge in [-0.1, -0.05) is 27.7 Å². The smallest absolute Gasteiger partial charge is 0.0487 e. The van der Waals surface area contributed by atoms with E-state index in [2.05, 4.69) is 86.2 Å². The molecule has 4 nitrogen and oxygen atoms in total. The minimum absolute atomic E-state index is 0.0271. The Morgan fingerprint density at radius 3 is 1.36 bits per heavy atom. The molecule has 5 rings (SSSR count). The number of aromatic amines is 2. The number of hydrogen-bond donors (Lipinski definition) is 2. The van der Waals surface area contributed by atoms with Gasteiger partial charge in [0.1, 0.15) is 0 Å². The van der Waals surface area contributed by atoms with Crippen molar-refractivity contribution >= 4 is 22.1 Å². The van der Waals surface area contributed by atoms with Crippen molar-refractivity contribution in [3.05, 3.63) is 71.3 Å². The van der Waals surface area contributed by atoms with Crippen LogP contribution in [0.2, 0.25) is 0 Å². The molecule has 0 aromatic carbocycles. The van der Waals surface area contributed by atoms with E-state index < -0.39 is 0 Å². The standard InChI is InChI=1S/C24H26N4/c1-23(2)13-19-9-15-6-8-18(26-15)12-22-24(3,4)14-20(28-22)10-16-5-7-17(25-16)11-21(23)27-19/h5-12,25-26H,13-14H2,1-4H3. The van der Waals surface area contributed by atoms with Crippen molar-refractivity contribution in [2.45, 2.75) is 51.4 Å². The first kappa shape index (κ1) is 17.2. The molecule has 0 spiro atoms. The summed E-state index contributed by atoms with van der Waals surface area (Å²) in [5.74, 6) is 0. The van der Waals surface area contributed by atoms with Gasteiger partial charge in [-0.05, 0) is 48.5 Å². The molecule has 0 fully saturated rings. The molecule has 2 aliphatic rings. The van der Waals surface area contributed by atoms with Gasteiger partial charge in [-0.15, -0.1) is 0 Å². The maximum absolute atomic E-state index is 4.93. The summed E-state index contributed by atoms with van der Waals surface area (Å²) < 4.78 is 0. The number of H-pyrrole nitrogens is 2. The van der Waals surface area contributed by atoms with Crippen LogP contribution in [0.5, 0.6) is 0 Å². The fraction of sp³-hybridized carbons (Fsp3) is 0.333. The first-order chi connectivity index (χ1) is 13.3. The van der Waals surface area contributed by atoms with Crippen LogP contribution in [0.15, 0.2) is 48.5 Å². The van der Waals surface area contributed by atoms with Crippen LogP contribution in [-0.2, 0) is 23.7 Å². The van der Waals surface area contributed by atoms with E-state index in [0.717, 1.165) is 57.7 Å². The summed E-state index contributed by atoms with van der Waals surface area (Å²) in [4.78, 5) is 16.9. The van der Waals surface area contributed by atoms with Gasteiger partial charge in [0.05, 0.1) is 0 Å². The molecule has 2 aliphatic heterocycles. The number of aromatic nitrogens is 4. The number of fused-ring (bicyclic) bond motifs is 8. The Hall–Kier alpha value is -2.88. The summed E-state index contributed by atoms with van der Waals surface area (Å²) in [6, 6.07) is 17.2. The van der Waals surface area contributed by atoms with Gasteiger partial charge in [0.15, 0.2) is 0 Å². The molecule has 0 atom stereocenters. The minimum Gasteiger partial charge on any atom is -0.355 e. The first-order valence-corrected chi connectivity index (χ1v) is 9.94. The van der Waals surface area contributed by atoms with Crippen LogP contribution in [0.3, 0.4) is 0 Å². The number of hydrogen-bond acceptors (Lipinski definition) is 2. The van der Waals surface area contributed by atoms with E-state index in [0.29, 0.717) is 0 Å². The van der Waals surface area contributed by atoms with Gasteiger partial charge in [-0.2, -0.15) is 0 Å². The summed E-state index contributed by atoms with van der Waals surface area (Å²) in [5.41, 5.74) is 8.86. The molecular weight excluding hydrogens is 344 g/mol. The molecule has 8 bridgehead atoms. The van der Waals surface area contributed by atoms with Crippen molar-refractivity contribution in [1.29, 1.82) is 0 Å². The lowest BCUT2D eigenvalue weighted by Crippen LogP contribution is -2.15. The summed E-state index contributed by atoms with van der Waals surface area (Å²) in [7, 11) is 0. The van der Waals surface area contributed by atoms with Gasteiger partial charge in [-0.25, -0.2) is 0 Å². The van der Waals surface area contributed by atoms with E-state index in [9.17, 15) is 0 Å². The number of rotatable bonds is 0. The average Bonchev–Trinajstić information content (AvgIpc) is 3.32. The largest absolute Gasteiger partial charge is 0.355 e. The SMILES string of the molecule is CC1(C)Cc2cc3ccc(cc4nc(cc5ccc(cc1n2)[nH]5)CC4(C)C)[nH]3. The maximum Gasteiger partial charge on any atom is 0.0487 e. The Labute approximate surface area is 165 Å². The Bertz CT molecular complexity index is 1130. The van der Waals surface area contributed by atoms with Crippen LogP contribution in [0.1, 0.15) is 50.5 Å². The van der Waals surface area contributed by atoms with Crippen LogP contribution < -0.4 is 0 Å². The molecule has 0 saturated heterocycles. The summed E-state index contributed by atoms with van der Waals surface area (Å²) >= 11 is 0. The minimum atomic E-state index is 0.0271. The average molecular weight is 371 g/mol. The molecule has 28 heavy (non-hydrogen) atoms. The van der Waals surface area contributed by atoms with E-state index >= 15 is 0 Å². The topological polar surface area (TPSA) is 57.4 Å². The quantitative estimate of drug-likeness (QED) is 0.560. The van der Waals surface area contributed by atoms with Crippen molar-refractivity contribution in [1.82, 2.24) is 19.9 Å². The molecule has 142 valence electrons. The lowest BCUT2D eigenvalue weighted by atomic mass is 9.87. The van der Waals surface area contributed by atoms with E-state index in [1.165, 1.54) is 0 Å². The lowest BCUT2D eigenvalue weighted by Gasteiger charge is -2.15. The lowest BCUT2D eigenvalue weighted by molar-refractivity contribution is 0.543. The number of nitrogens with one attached hydrogen (secondary N) is 2.